The fourth-order valence-corrected chi connectivity index (χ4v) is 0. The van der Waals surface area contributed by atoms with Gasteiger partial charge in [-0.3, -0.25) is 0 Å². The van der Waals surface area contributed by atoms with Crippen LogP contribution in [0.3, 0.4) is 0 Å². The quantitative estimate of drug-likeness (QED) is 0.434. The van der Waals surface area contributed by atoms with Crippen molar-refractivity contribution < 1.29 is 58.6 Å². The zero-order valence-corrected chi connectivity index (χ0v) is 9.82. The zero-order chi connectivity index (χ0) is 2.00. The summed E-state index contributed by atoms with van der Waals surface area (Å²) in [4.78, 5) is 0. The summed E-state index contributed by atoms with van der Waals surface area (Å²) in [5, 5.41) is 0. The third kappa shape index (κ3) is 8.82. The summed E-state index contributed by atoms with van der Waals surface area (Å²) in [5.41, 5.74) is 0. The first-order chi connectivity index (χ1) is 1.00. The van der Waals surface area contributed by atoms with E-state index in [9.17, 15) is 0 Å². The SMILES string of the molecule is [B]P.[Hf].[Y]. The number of rotatable bonds is 0. The second-order valence-corrected chi connectivity index (χ2v) is 0. The Labute approximate surface area is 74.1 Å². The van der Waals surface area contributed by atoms with Gasteiger partial charge in [0.15, 0.2) is 0 Å². The zero-order valence-electron chi connectivity index (χ0n) is 2.23. The van der Waals surface area contributed by atoms with E-state index in [0.29, 0.717) is 0 Å². The third-order valence-electron chi connectivity index (χ3n) is 0. The van der Waals surface area contributed by atoms with Gasteiger partial charge in [-0.15, -0.1) is 0 Å². The molecule has 0 aromatic heterocycles. The van der Waals surface area contributed by atoms with E-state index in [2.05, 4.69) is 7.57 Å². The van der Waals surface area contributed by atoms with Crippen LogP contribution in [-0.4, -0.2) is 7.57 Å². The van der Waals surface area contributed by atoms with Crippen molar-refractivity contribution in [2.75, 3.05) is 0 Å². The van der Waals surface area contributed by atoms with Gasteiger partial charge in [0.1, 0.15) is 0 Å². The van der Waals surface area contributed by atoms with Gasteiger partial charge in [0.2, 0.25) is 0 Å². The van der Waals surface area contributed by atoms with Crippen molar-refractivity contribution in [2.24, 2.45) is 0 Å². The summed E-state index contributed by atoms with van der Waals surface area (Å²) < 4.78 is 0. The molecule has 0 spiro atoms. The van der Waals surface area contributed by atoms with E-state index in [4.69, 9.17) is 0 Å². The molecule has 0 aromatic rings. The van der Waals surface area contributed by atoms with Gasteiger partial charge in [-0.05, 0) is 0 Å². The molecule has 4 heteroatoms. The van der Waals surface area contributed by atoms with Crippen LogP contribution >= 0.6 is 9.12 Å². The van der Waals surface area contributed by atoms with E-state index in [1.54, 1.807) is 0 Å². The predicted molar refractivity (Wildman–Crippen MR) is 15.5 cm³/mol. The van der Waals surface area contributed by atoms with Crippen LogP contribution in [0.4, 0.5) is 0 Å². The Morgan fingerprint density at radius 1 is 1.25 bits per heavy atom. The van der Waals surface area contributed by atoms with E-state index in [-0.39, 0.29) is 58.6 Å². The van der Waals surface area contributed by atoms with Crippen molar-refractivity contribution in [1.29, 1.82) is 0 Å². The van der Waals surface area contributed by atoms with Gasteiger partial charge < -0.3 is 0 Å². The van der Waals surface area contributed by atoms with E-state index in [1.165, 1.54) is 0 Å². The minimum atomic E-state index is 0. The van der Waals surface area contributed by atoms with Crippen LogP contribution in [0.25, 0.3) is 0 Å². The fraction of sp³-hybridized carbons (Fsp3) is 0. The van der Waals surface area contributed by atoms with Gasteiger partial charge in [-0.2, -0.15) is 9.12 Å². The molecule has 0 aliphatic carbocycles. The average Bonchev–Trinajstić information content (AvgIpc) is 1.00. The molecule has 0 heterocycles. The average molecular weight is 311 g/mol. The Morgan fingerprint density at radius 2 is 1.25 bits per heavy atom. The van der Waals surface area contributed by atoms with Crippen molar-refractivity contribution in [1.82, 2.24) is 0 Å². The predicted octanol–water partition coefficient (Wildman–Crippen LogP) is -0.0600. The molecule has 3 radical (unpaired) electrons. The van der Waals surface area contributed by atoms with Gasteiger partial charge in [-0.1, -0.05) is 0 Å². The van der Waals surface area contributed by atoms with Crippen LogP contribution in [0.1, 0.15) is 0 Å². The van der Waals surface area contributed by atoms with Crippen molar-refractivity contribution in [3.63, 3.8) is 0 Å². The summed E-state index contributed by atoms with van der Waals surface area (Å²) >= 11 is 0. The summed E-state index contributed by atoms with van der Waals surface area (Å²) in [5.74, 6) is 0. The molecular weight excluding hydrogens is 309 g/mol. The van der Waals surface area contributed by atoms with Crippen molar-refractivity contribution in [3.8, 4) is 0 Å². The van der Waals surface area contributed by atoms with Crippen LogP contribution in [0.2, 0.25) is 0 Å². The largest absolute Gasteiger partial charge is 0.187 e. The minimum Gasteiger partial charge on any atom is -0.187 e. The summed E-state index contributed by atoms with van der Waals surface area (Å²) in [6, 6.07) is 0. The first kappa shape index (κ1) is 16.1. The Balaban J connectivity index is -0.00000000500. The molecule has 1 atom stereocenters. The van der Waals surface area contributed by atoms with Crippen LogP contribution < -0.4 is 0 Å². The van der Waals surface area contributed by atoms with Crippen LogP contribution in [0, 0.1) is 0 Å². The topological polar surface area (TPSA) is 0 Å². The van der Waals surface area contributed by atoms with E-state index >= 15 is 0 Å². The molecule has 0 rings (SSSR count). The maximum absolute atomic E-state index is 4.42. The second kappa shape index (κ2) is 17.9. The monoisotopic (exact) mass is 313 g/mol. The molecule has 0 N–H and O–H groups in total. The summed E-state index contributed by atoms with van der Waals surface area (Å²) in [6.07, 6.45) is 0. The van der Waals surface area contributed by atoms with E-state index < -0.39 is 0 Å². The van der Waals surface area contributed by atoms with Crippen molar-refractivity contribution >= 4 is 16.7 Å². The molecule has 0 nitrogen and oxygen atoms in total. The maximum Gasteiger partial charge on any atom is 0.0996 e. The standard InChI is InChI=1S/BH2P.Hf.Y/c1-2;;/h2H2;;. The van der Waals surface area contributed by atoms with Gasteiger partial charge in [-0.25, -0.2) is 0 Å². The molecule has 0 aromatic carbocycles. The molecule has 0 saturated heterocycles. The molecule has 4 heavy (non-hydrogen) atoms. The first-order valence-electron chi connectivity index (χ1n) is 0.333. The Kier molecular flexibility index (Phi) is 72.0. The van der Waals surface area contributed by atoms with Gasteiger partial charge >= 0.3 is 0 Å². The van der Waals surface area contributed by atoms with Crippen LogP contribution in [0.5, 0.6) is 0 Å². The Bertz CT molecular complexity index is 8.00. The maximum atomic E-state index is 4.42. The molecule has 0 bridgehead atoms. The molecule has 0 amide bonds. The third-order valence-corrected chi connectivity index (χ3v) is 0. The Hall–Kier alpha value is 2.47. The van der Waals surface area contributed by atoms with Crippen LogP contribution in [0.15, 0.2) is 0 Å². The molecule has 0 fully saturated rings. The van der Waals surface area contributed by atoms with Gasteiger partial charge in [0.25, 0.3) is 0 Å². The number of hydrogen-bond acceptors (Lipinski definition) is 0. The minimum absolute atomic E-state index is 0. The van der Waals surface area contributed by atoms with Gasteiger partial charge in [0, 0.05) is 58.6 Å². The first-order valence-corrected chi connectivity index (χ1v) is 1.00. The Morgan fingerprint density at radius 3 is 1.25 bits per heavy atom. The smallest absolute Gasteiger partial charge is 0.0996 e. The molecule has 1 unspecified atom stereocenters. The van der Waals surface area contributed by atoms with E-state index in [0.717, 1.165) is 0 Å². The van der Waals surface area contributed by atoms with Gasteiger partial charge in [0.05, 0.1) is 7.57 Å². The second-order valence-electron chi connectivity index (χ2n) is 0. The molecule has 0 aliphatic heterocycles. The molecule has 0 saturated carbocycles. The van der Waals surface area contributed by atoms with Crippen LogP contribution in [-0.2, 0) is 58.6 Å². The summed E-state index contributed by atoms with van der Waals surface area (Å²) in [7, 11) is 6.33. The number of hydrogen-bond donors (Lipinski definition) is 0. The molecular formula is H2BHfPY. The fourth-order valence-electron chi connectivity index (χ4n) is 0. The summed E-state index contributed by atoms with van der Waals surface area (Å²) in [6.45, 7) is 0. The molecule has 17 valence electrons. The molecule has 0 aliphatic rings. The van der Waals surface area contributed by atoms with E-state index in [1.807, 2.05) is 9.12 Å². The van der Waals surface area contributed by atoms with Crippen molar-refractivity contribution in [2.45, 2.75) is 0 Å². The normalized spacial score (nSPS) is 1.25. The van der Waals surface area contributed by atoms with Crippen molar-refractivity contribution in [3.05, 3.63) is 0 Å².